The fraction of sp³-hybridized carbons (Fsp3) is 0.250. The van der Waals surface area contributed by atoms with Gasteiger partial charge in [-0.3, -0.25) is 0 Å². The van der Waals surface area contributed by atoms with Crippen LogP contribution in [0.25, 0.3) is 0 Å². The molecule has 112 valence electrons. The van der Waals surface area contributed by atoms with Gasteiger partial charge in [-0.05, 0) is 43.0 Å². The lowest BCUT2D eigenvalue weighted by Crippen LogP contribution is -2.08. The van der Waals surface area contributed by atoms with E-state index in [-0.39, 0.29) is 16.3 Å². The molecule has 2 rings (SSSR count). The highest BCUT2D eigenvalue weighted by atomic mass is 32.2. The Morgan fingerprint density at radius 1 is 1.00 bits per heavy atom. The number of nitrogen functional groups attached to an aromatic ring is 1. The molecule has 2 aromatic carbocycles. The van der Waals surface area contributed by atoms with E-state index in [1.54, 1.807) is 0 Å². The van der Waals surface area contributed by atoms with Crippen LogP contribution in [0.2, 0.25) is 0 Å². The number of nitrogens with two attached hydrogens (primary N) is 1. The maximum atomic E-state index is 13.2. The summed E-state index contributed by atoms with van der Waals surface area (Å²) in [6.45, 7) is 0. The zero-order valence-electron chi connectivity index (χ0n) is 11.6. The van der Waals surface area contributed by atoms with Gasteiger partial charge in [-0.2, -0.15) is 0 Å². The maximum Gasteiger partial charge on any atom is 0.178 e. The van der Waals surface area contributed by atoms with E-state index >= 15 is 0 Å². The van der Waals surface area contributed by atoms with Crippen LogP contribution in [-0.4, -0.2) is 14.2 Å². The molecule has 0 aromatic heterocycles. The van der Waals surface area contributed by atoms with Gasteiger partial charge in [0.05, 0.1) is 10.6 Å². The molecule has 3 nitrogen and oxygen atoms in total. The predicted octanol–water partition coefficient (Wildman–Crippen LogP) is 3.20. The smallest absolute Gasteiger partial charge is 0.178 e. The van der Waals surface area contributed by atoms with Gasteiger partial charge in [0.2, 0.25) is 0 Å². The summed E-state index contributed by atoms with van der Waals surface area (Å²) < 4.78 is 37.5. The van der Waals surface area contributed by atoms with E-state index in [9.17, 15) is 12.8 Å². The molecular weight excluding hydrogens is 289 g/mol. The molecule has 0 heterocycles. The van der Waals surface area contributed by atoms with Crippen molar-refractivity contribution >= 4 is 15.5 Å². The third-order valence-corrected chi connectivity index (χ3v) is 5.00. The minimum absolute atomic E-state index is 0.00271. The van der Waals surface area contributed by atoms with Crippen LogP contribution in [0.1, 0.15) is 18.4 Å². The molecule has 0 atom stereocenters. The molecule has 21 heavy (non-hydrogen) atoms. The zero-order chi connectivity index (χ0) is 15.3. The fourth-order valence-corrected chi connectivity index (χ4v) is 3.58. The van der Waals surface area contributed by atoms with E-state index in [4.69, 9.17) is 5.73 Å². The van der Waals surface area contributed by atoms with Crippen molar-refractivity contribution in [2.75, 3.05) is 11.5 Å². The number of halogens is 1. The number of anilines is 1. The average molecular weight is 307 g/mol. The number of hydrogen-bond donors (Lipinski definition) is 1. The molecule has 0 bridgehead atoms. The summed E-state index contributed by atoms with van der Waals surface area (Å²) in [7, 11) is -3.48. The third-order valence-electron chi connectivity index (χ3n) is 3.22. The van der Waals surface area contributed by atoms with Crippen LogP contribution in [0.15, 0.2) is 53.4 Å². The Kier molecular flexibility index (Phi) is 4.96. The summed E-state index contributed by atoms with van der Waals surface area (Å²) in [5.41, 5.74) is 6.79. The standard InChI is InChI=1S/C16H18FNO2S/c17-14-10-15(18)12-16(11-14)21(19,20)9-5-4-8-13-6-2-1-3-7-13/h1-3,6-7,10-12H,4-5,8-9,18H2. The fourth-order valence-electron chi connectivity index (χ4n) is 2.15. The van der Waals surface area contributed by atoms with Crippen LogP contribution < -0.4 is 5.73 Å². The minimum Gasteiger partial charge on any atom is -0.399 e. The number of benzene rings is 2. The van der Waals surface area contributed by atoms with Gasteiger partial charge in [0, 0.05) is 5.69 Å². The first-order valence-electron chi connectivity index (χ1n) is 6.80. The molecule has 5 heteroatoms. The Morgan fingerprint density at radius 2 is 1.71 bits per heavy atom. The highest BCUT2D eigenvalue weighted by Gasteiger charge is 2.15. The lowest BCUT2D eigenvalue weighted by molar-refractivity contribution is 0.587. The van der Waals surface area contributed by atoms with Gasteiger partial charge >= 0.3 is 0 Å². The van der Waals surface area contributed by atoms with Gasteiger partial charge in [0.25, 0.3) is 0 Å². The molecule has 0 aliphatic heterocycles. The molecule has 0 saturated heterocycles. The predicted molar refractivity (Wildman–Crippen MR) is 82.2 cm³/mol. The van der Waals surface area contributed by atoms with E-state index in [1.165, 1.54) is 11.6 Å². The van der Waals surface area contributed by atoms with Crippen molar-refractivity contribution in [1.29, 1.82) is 0 Å². The Balaban J connectivity index is 1.92. The maximum absolute atomic E-state index is 13.2. The van der Waals surface area contributed by atoms with Crippen molar-refractivity contribution in [2.45, 2.75) is 24.2 Å². The third kappa shape index (κ3) is 4.56. The van der Waals surface area contributed by atoms with E-state index in [0.29, 0.717) is 6.42 Å². The molecule has 0 aliphatic carbocycles. The second kappa shape index (κ2) is 6.72. The molecule has 0 amide bonds. The lowest BCUT2D eigenvalue weighted by Gasteiger charge is -2.06. The van der Waals surface area contributed by atoms with Gasteiger partial charge in [-0.15, -0.1) is 0 Å². The second-order valence-corrected chi connectivity index (χ2v) is 7.09. The summed E-state index contributed by atoms with van der Waals surface area (Å²) in [4.78, 5) is -0.0419. The number of aryl methyl sites for hydroxylation is 1. The molecule has 2 N–H and O–H groups in total. The van der Waals surface area contributed by atoms with E-state index in [0.717, 1.165) is 25.0 Å². The molecule has 0 spiro atoms. The van der Waals surface area contributed by atoms with E-state index < -0.39 is 15.7 Å². The van der Waals surface area contributed by atoms with Crippen molar-refractivity contribution in [3.8, 4) is 0 Å². The van der Waals surface area contributed by atoms with Crippen LogP contribution >= 0.6 is 0 Å². The molecule has 0 unspecified atom stereocenters. The summed E-state index contributed by atoms with van der Waals surface area (Å²) >= 11 is 0. The summed E-state index contributed by atoms with van der Waals surface area (Å²) in [5, 5.41) is 0. The summed E-state index contributed by atoms with van der Waals surface area (Å²) in [5.74, 6) is -0.624. The number of unbranched alkanes of at least 4 members (excludes halogenated alkanes) is 1. The highest BCUT2D eigenvalue weighted by molar-refractivity contribution is 7.91. The van der Waals surface area contributed by atoms with Gasteiger partial charge in [0.1, 0.15) is 5.82 Å². The van der Waals surface area contributed by atoms with Crippen molar-refractivity contribution in [3.63, 3.8) is 0 Å². The normalized spacial score (nSPS) is 11.5. The van der Waals surface area contributed by atoms with Crippen molar-refractivity contribution in [3.05, 3.63) is 59.9 Å². The molecule has 0 radical (unpaired) electrons. The largest absolute Gasteiger partial charge is 0.399 e. The van der Waals surface area contributed by atoms with Crippen LogP contribution in [-0.2, 0) is 16.3 Å². The monoisotopic (exact) mass is 307 g/mol. The molecular formula is C16H18FNO2S. The first-order chi connectivity index (χ1) is 9.97. The van der Waals surface area contributed by atoms with Crippen LogP contribution in [0, 0.1) is 5.82 Å². The lowest BCUT2D eigenvalue weighted by atomic mass is 10.1. The quantitative estimate of drug-likeness (QED) is 0.658. The van der Waals surface area contributed by atoms with Crippen LogP contribution in [0.3, 0.4) is 0 Å². The van der Waals surface area contributed by atoms with Gasteiger partial charge in [-0.1, -0.05) is 30.3 Å². The van der Waals surface area contributed by atoms with Gasteiger partial charge in [0.15, 0.2) is 9.84 Å². The van der Waals surface area contributed by atoms with Crippen molar-refractivity contribution < 1.29 is 12.8 Å². The number of hydrogen-bond acceptors (Lipinski definition) is 3. The average Bonchev–Trinajstić information content (AvgIpc) is 2.44. The van der Waals surface area contributed by atoms with Crippen molar-refractivity contribution in [1.82, 2.24) is 0 Å². The van der Waals surface area contributed by atoms with Gasteiger partial charge in [-0.25, -0.2) is 12.8 Å². The van der Waals surface area contributed by atoms with E-state index in [1.807, 2.05) is 30.3 Å². The first-order valence-corrected chi connectivity index (χ1v) is 8.45. The van der Waals surface area contributed by atoms with E-state index in [2.05, 4.69) is 0 Å². The van der Waals surface area contributed by atoms with Crippen LogP contribution in [0.5, 0.6) is 0 Å². The molecule has 2 aromatic rings. The van der Waals surface area contributed by atoms with Crippen LogP contribution in [0.4, 0.5) is 10.1 Å². The molecule has 0 aliphatic rings. The Morgan fingerprint density at radius 3 is 2.38 bits per heavy atom. The topological polar surface area (TPSA) is 60.2 Å². The minimum atomic E-state index is -3.48. The molecule has 0 saturated carbocycles. The Labute approximate surface area is 124 Å². The number of rotatable bonds is 6. The summed E-state index contributed by atoms with van der Waals surface area (Å²) in [6.07, 6.45) is 2.14. The van der Waals surface area contributed by atoms with Gasteiger partial charge < -0.3 is 5.73 Å². The summed E-state index contributed by atoms with van der Waals surface area (Å²) in [6, 6.07) is 13.3. The Bertz CT molecular complexity index is 679. The Hall–Kier alpha value is -1.88. The number of sulfone groups is 1. The molecule has 0 fully saturated rings. The SMILES string of the molecule is Nc1cc(F)cc(S(=O)(=O)CCCCc2ccccc2)c1. The zero-order valence-corrected chi connectivity index (χ0v) is 12.4. The first kappa shape index (κ1) is 15.5. The van der Waals surface area contributed by atoms with Crippen molar-refractivity contribution in [2.24, 2.45) is 0 Å². The highest BCUT2D eigenvalue weighted by Crippen LogP contribution is 2.18. The second-order valence-electron chi connectivity index (χ2n) is 4.98.